The van der Waals surface area contributed by atoms with E-state index in [1.807, 2.05) is 42.5 Å². The van der Waals surface area contributed by atoms with E-state index in [2.05, 4.69) is 10.4 Å². The molecule has 1 N–H and O–H groups in total. The van der Waals surface area contributed by atoms with Crippen LogP contribution in [-0.4, -0.2) is 43.6 Å². The van der Waals surface area contributed by atoms with Crippen molar-refractivity contribution in [2.75, 3.05) is 27.9 Å². The summed E-state index contributed by atoms with van der Waals surface area (Å²) in [5.41, 5.74) is 3.15. The molecule has 0 atom stereocenters. The molecule has 2 aromatic carbocycles. The van der Waals surface area contributed by atoms with Gasteiger partial charge in [0.1, 0.15) is 11.4 Å². The van der Waals surface area contributed by atoms with Crippen molar-refractivity contribution in [3.05, 3.63) is 59.8 Å². The van der Waals surface area contributed by atoms with E-state index >= 15 is 0 Å². The van der Waals surface area contributed by atoms with Crippen molar-refractivity contribution in [1.29, 1.82) is 0 Å². The molecule has 0 spiro atoms. The fourth-order valence-corrected chi connectivity index (χ4v) is 3.05. The molecule has 0 aliphatic heterocycles. The number of amides is 1. The number of benzene rings is 2. The van der Waals surface area contributed by atoms with Crippen LogP contribution in [-0.2, 0) is 13.5 Å². The van der Waals surface area contributed by atoms with Crippen LogP contribution >= 0.6 is 0 Å². The van der Waals surface area contributed by atoms with Crippen LogP contribution < -0.4 is 19.5 Å². The largest absolute Gasteiger partial charge is 0.497 e. The number of ether oxygens (including phenoxy) is 3. The maximum atomic E-state index is 12.6. The Balaban J connectivity index is 1.65. The van der Waals surface area contributed by atoms with Gasteiger partial charge in [-0.1, -0.05) is 18.2 Å². The molecule has 0 bridgehead atoms. The Morgan fingerprint density at radius 1 is 1.00 bits per heavy atom. The summed E-state index contributed by atoms with van der Waals surface area (Å²) in [7, 11) is 6.58. The minimum atomic E-state index is -0.172. The minimum absolute atomic E-state index is 0.172. The minimum Gasteiger partial charge on any atom is -0.497 e. The van der Waals surface area contributed by atoms with Crippen LogP contribution in [0, 0.1) is 0 Å². The van der Waals surface area contributed by atoms with Crippen LogP contribution in [0.5, 0.6) is 17.2 Å². The molecule has 3 aromatic rings. The van der Waals surface area contributed by atoms with Gasteiger partial charge in [0.05, 0.1) is 27.0 Å². The summed E-state index contributed by atoms with van der Waals surface area (Å²) in [6.07, 6.45) is 0.673. The predicted octanol–water partition coefficient (Wildman–Crippen LogP) is 3.09. The number of rotatable bonds is 8. The zero-order valence-corrected chi connectivity index (χ0v) is 17.1. The van der Waals surface area contributed by atoms with E-state index in [0.717, 1.165) is 22.6 Å². The average Bonchev–Trinajstić information content (AvgIpc) is 3.15. The molecule has 0 aliphatic rings. The lowest BCUT2D eigenvalue weighted by Gasteiger charge is -2.10. The predicted molar refractivity (Wildman–Crippen MR) is 111 cm³/mol. The van der Waals surface area contributed by atoms with Gasteiger partial charge in [0, 0.05) is 19.2 Å². The summed E-state index contributed by atoms with van der Waals surface area (Å²) in [5, 5.41) is 7.40. The van der Waals surface area contributed by atoms with Gasteiger partial charge in [-0.3, -0.25) is 9.48 Å². The van der Waals surface area contributed by atoms with Crippen LogP contribution in [0.1, 0.15) is 16.1 Å². The van der Waals surface area contributed by atoms with Gasteiger partial charge in [-0.25, -0.2) is 0 Å². The van der Waals surface area contributed by atoms with Gasteiger partial charge >= 0.3 is 0 Å². The van der Waals surface area contributed by atoms with Crippen molar-refractivity contribution in [2.24, 2.45) is 7.05 Å². The smallest absolute Gasteiger partial charge is 0.269 e. The number of hydrogen-bond donors (Lipinski definition) is 1. The molecule has 152 valence electrons. The zero-order chi connectivity index (χ0) is 20.8. The second-order valence-electron chi connectivity index (χ2n) is 6.47. The van der Waals surface area contributed by atoms with Crippen molar-refractivity contribution in [2.45, 2.75) is 6.42 Å². The molecule has 1 amide bonds. The molecular formula is C22H25N3O4. The Morgan fingerprint density at radius 2 is 1.79 bits per heavy atom. The number of nitrogens with zero attached hydrogens (tertiary/aromatic N) is 2. The lowest BCUT2D eigenvalue weighted by molar-refractivity contribution is 0.0944. The van der Waals surface area contributed by atoms with Crippen molar-refractivity contribution in [3.8, 4) is 28.5 Å². The second-order valence-corrected chi connectivity index (χ2v) is 6.47. The molecule has 29 heavy (non-hydrogen) atoms. The van der Waals surface area contributed by atoms with Crippen LogP contribution in [0.2, 0.25) is 0 Å². The maximum absolute atomic E-state index is 12.6. The van der Waals surface area contributed by atoms with Gasteiger partial charge in [-0.2, -0.15) is 5.10 Å². The van der Waals surface area contributed by atoms with Gasteiger partial charge in [-0.05, 0) is 42.3 Å². The van der Waals surface area contributed by atoms with Gasteiger partial charge in [0.15, 0.2) is 11.5 Å². The molecule has 7 heteroatoms. The Bertz CT molecular complexity index is 997. The monoisotopic (exact) mass is 395 g/mol. The third kappa shape index (κ3) is 4.68. The molecule has 3 rings (SSSR count). The maximum Gasteiger partial charge on any atom is 0.269 e. The molecule has 0 aliphatic carbocycles. The van der Waals surface area contributed by atoms with Gasteiger partial charge in [0.25, 0.3) is 5.91 Å². The lowest BCUT2D eigenvalue weighted by Crippen LogP contribution is -2.27. The highest BCUT2D eigenvalue weighted by Crippen LogP contribution is 2.27. The van der Waals surface area contributed by atoms with Gasteiger partial charge in [-0.15, -0.1) is 0 Å². The number of methoxy groups -OCH3 is 3. The Labute approximate surface area is 170 Å². The van der Waals surface area contributed by atoms with Gasteiger partial charge < -0.3 is 19.5 Å². The van der Waals surface area contributed by atoms with Crippen molar-refractivity contribution >= 4 is 5.91 Å². The van der Waals surface area contributed by atoms with E-state index in [1.54, 1.807) is 39.1 Å². The molecule has 0 saturated carbocycles. The van der Waals surface area contributed by atoms with Crippen LogP contribution in [0.15, 0.2) is 48.5 Å². The second kappa shape index (κ2) is 9.14. The summed E-state index contributed by atoms with van der Waals surface area (Å²) in [6, 6.07) is 15.1. The third-order valence-electron chi connectivity index (χ3n) is 4.63. The summed E-state index contributed by atoms with van der Waals surface area (Å²) < 4.78 is 17.4. The van der Waals surface area contributed by atoms with E-state index in [9.17, 15) is 4.79 Å². The van der Waals surface area contributed by atoms with Crippen molar-refractivity contribution in [1.82, 2.24) is 15.1 Å². The highest BCUT2D eigenvalue weighted by molar-refractivity contribution is 5.93. The fraction of sp³-hybridized carbons (Fsp3) is 0.273. The first kappa shape index (κ1) is 20.3. The SMILES string of the molecule is COc1cccc(-c2cc(C(=O)NCCc3ccc(OC)c(OC)c3)n(C)n2)c1. The number of hydrogen-bond acceptors (Lipinski definition) is 5. The van der Waals surface area contributed by atoms with Crippen molar-refractivity contribution < 1.29 is 19.0 Å². The number of carbonyl (C=O) groups excluding carboxylic acids is 1. The quantitative estimate of drug-likeness (QED) is 0.634. The summed E-state index contributed by atoms with van der Waals surface area (Å²) in [6.45, 7) is 0.494. The summed E-state index contributed by atoms with van der Waals surface area (Å²) in [5.74, 6) is 1.93. The zero-order valence-electron chi connectivity index (χ0n) is 17.1. The fourth-order valence-electron chi connectivity index (χ4n) is 3.05. The van der Waals surface area contributed by atoms with E-state index in [-0.39, 0.29) is 5.91 Å². The number of carbonyl (C=O) groups is 1. The highest BCUT2D eigenvalue weighted by Gasteiger charge is 2.14. The normalized spacial score (nSPS) is 10.5. The van der Waals surface area contributed by atoms with Gasteiger partial charge in [0.2, 0.25) is 0 Å². The molecule has 1 aromatic heterocycles. The molecule has 0 fully saturated rings. The van der Waals surface area contributed by atoms with Crippen molar-refractivity contribution in [3.63, 3.8) is 0 Å². The number of nitrogens with one attached hydrogen (secondary N) is 1. The van der Waals surface area contributed by atoms with E-state index < -0.39 is 0 Å². The average molecular weight is 395 g/mol. The molecule has 0 unspecified atom stereocenters. The first-order chi connectivity index (χ1) is 14.0. The van der Waals surface area contributed by atoms with E-state index in [0.29, 0.717) is 30.2 Å². The highest BCUT2D eigenvalue weighted by atomic mass is 16.5. The van der Waals surface area contributed by atoms with Crippen LogP contribution in [0.3, 0.4) is 0 Å². The Hall–Kier alpha value is -3.48. The molecular weight excluding hydrogens is 370 g/mol. The molecule has 1 heterocycles. The molecule has 0 saturated heterocycles. The Morgan fingerprint density at radius 3 is 2.52 bits per heavy atom. The summed E-state index contributed by atoms with van der Waals surface area (Å²) in [4.78, 5) is 12.6. The first-order valence-corrected chi connectivity index (χ1v) is 9.23. The van der Waals surface area contributed by atoms with Crippen LogP contribution in [0.4, 0.5) is 0 Å². The van der Waals surface area contributed by atoms with E-state index in [1.165, 1.54) is 0 Å². The number of aromatic nitrogens is 2. The number of aryl methyl sites for hydroxylation is 1. The third-order valence-corrected chi connectivity index (χ3v) is 4.63. The standard InChI is InChI=1S/C22H25N3O4/c1-25-19(14-18(24-25)16-6-5-7-17(13-16)27-2)22(26)23-11-10-15-8-9-20(28-3)21(12-15)29-4/h5-9,12-14H,10-11H2,1-4H3,(H,23,26). The lowest BCUT2D eigenvalue weighted by atomic mass is 10.1. The molecule has 7 nitrogen and oxygen atoms in total. The summed E-state index contributed by atoms with van der Waals surface area (Å²) >= 11 is 0. The molecule has 0 radical (unpaired) electrons. The Kier molecular flexibility index (Phi) is 6.39. The van der Waals surface area contributed by atoms with Crippen LogP contribution in [0.25, 0.3) is 11.3 Å². The topological polar surface area (TPSA) is 74.6 Å². The first-order valence-electron chi connectivity index (χ1n) is 9.23. The van der Waals surface area contributed by atoms with E-state index in [4.69, 9.17) is 14.2 Å².